The Balaban J connectivity index is 0.000000921. The molecule has 0 bridgehead atoms. The van der Waals surface area contributed by atoms with Crippen LogP contribution >= 0.6 is 0 Å². The zero-order valence-corrected chi connectivity index (χ0v) is 8.97. The number of carbonyl (C=O) groups excluding carboxylic acids is 1. The van der Waals surface area contributed by atoms with Crippen molar-refractivity contribution in [3.05, 3.63) is 17.9 Å². The molecule has 1 aromatic carbocycles. The predicted molar refractivity (Wildman–Crippen MR) is 58.1 cm³/mol. The molecule has 0 aliphatic carbocycles. The van der Waals surface area contributed by atoms with Crippen LogP contribution in [0.3, 0.4) is 0 Å². The fourth-order valence-electron chi connectivity index (χ4n) is 0.865. The Kier molecular flexibility index (Phi) is 5.15. The maximum atomic E-state index is 13.0. The van der Waals surface area contributed by atoms with Gasteiger partial charge in [-0.3, -0.25) is 4.79 Å². The largest absolute Gasteiger partial charge is 0.506 e. The third-order valence-corrected chi connectivity index (χ3v) is 1.43. The molecule has 0 spiro atoms. The van der Waals surface area contributed by atoms with E-state index in [1.165, 1.54) is 6.92 Å². The molecule has 15 heavy (non-hydrogen) atoms. The van der Waals surface area contributed by atoms with Gasteiger partial charge in [0.2, 0.25) is 5.91 Å². The normalized spacial score (nSPS) is 8.80. The van der Waals surface area contributed by atoms with Crippen molar-refractivity contribution in [3.8, 4) is 5.75 Å². The van der Waals surface area contributed by atoms with E-state index in [0.29, 0.717) is 0 Å². The van der Waals surface area contributed by atoms with Crippen molar-refractivity contribution >= 4 is 17.3 Å². The SMILES string of the molecule is CC.CC(=O)Nc1cc(N)c(O)cc1F. The Morgan fingerprint density at radius 2 is 2.00 bits per heavy atom. The third kappa shape index (κ3) is 3.84. The van der Waals surface area contributed by atoms with Crippen molar-refractivity contribution in [2.45, 2.75) is 20.8 Å². The smallest absolute Gasteiger partial charge is 0.221 e. The molecule has 1 rings (SSSR count). The van der Waals surface area contributed by atoms with E-state index in [2.05, 4.69) is 5.32 Å². The summed E-state index contributed by atoms with van der Waals surface area (Å²) in [7, 11) is 0. The molecular weight excluding hydrogens is 199 g/mol. The van der Waals surface area contributed by atoms with E-state index < -0.39 is 11.7 Å². The second-order valence-electron chi connectivity index (χ2n) is 2.57. The minimum atomic E-state index is -0.720. The van der Waals surface area contributed by atoms with Gasteiger partial charge in [-0.15, -0.1) is 0 Å². The summed E-state index contributed by atoms with van der Waals surface area (Å²) in [5.74, 6) is -1.46. The standard InChI is InChI=1S/C8H9FN2O2.C2H6/c1-4(12)11-7-3-6(10)8(13)2-5(7)9;1-2/h2-3,13H,10H2,1H3,(H,11,12);1-2H3. The van der Waals surface area contributed by atoms with Gasteiger partial charge in [-0.2, -0.15) is 0 Å². The lowest BCUT2D eigenvalue weighted by Crippen LogP contribution is -2.07. The molecule has 4 N–H and O–H groups in total. The van der Waals surface area contributed by atoms with E-state index in [0.717, 1.165) is 12.1 Å². The maximum Gasteiger partial charge on any atom is 0.221 e. The lowest BCUT2D eigenvalue weighted by molar-refractivity contribution is -0.114. The van der Waals surface area contributed by atoms with Crippen LogP contribution in [0, 0.1) is 5.82 Å². The summed E-state index contributed by atoms with van der Waals surface area (Å²) >= 11 is 0. The minimum absolute atomic E-state index is 0.0187. The van der Waals surface area contributed by atoms with Crippen LogP contribution in [0.2, 0.25) is 0 Å². The van der Waals surface area contributed by atoms with Crippen LogP contribution in [0.4, 0.5) is 15.8 Å². The highest BCUT2D eigenvalue weighted by molar-refractivity contribution is 5.89. The summed E-state index contributed by atoms with van der Waals surface area (Å²) in [6, 6.07) is 2.01. The lowest BCUT2D eigenvalue weighted by Gasteiger charge is -2.05. The number of nitrogens with one attached hydrogen (secondary N) is 1. The fraction of sp³-hybridized carbons (Fsp3) is 0.300. The van der Waals surface area contributed by atoms with Crippen molar-refractivity contribution in [2.75, 3.05) is 11.1 Å². The summed E-state index contributed by atoms with van der Waals surface area (Å²) < 4.78 is 13.0. The summed E-state index contributed by atoms with van der Waals surface area (Å²) in [6.07, 6.45) is 0. The Morgan fingerprint density at radius 3 is 2.47 bits per heavy atom. The number of rotatable bonds is 1. The Bertz CT molecular complexity index is 354. The number of halogens is 1. The van der Waals surface area contributed by atoms with Crippen molar-refractivity contribution in [2.24, 2.45) is 0 Å². The molecule has 0 saturated heterocycles. The summed E-state index contributed by atoms with van der Waals surface area (Å²) in [6.45, 7) is 5.25. The first-order valence-corrected chi connectivity index (χ1v) is 4.56. The van der Waals surface area contributed by atoms with Crippen LogP contribution in [-0.2, 0) is 4.79 Å². The van der Waals surface area contributed by atoms with Gasteiger partial charge in [0.25, 0.3) is 0 Å². The molecule has 0 atom stereocenters. The van der Waals surface area contributed by atoms with Gasteiger partial charge in [-0.25, -0.2) is 4.39 Å². The van der Waals surface area contributed by atoms with Crippen LogP contribution in [0.15, 0.2) is 12.1 Å². The van der Waals surface area contributed by atoms with Crippen molar-refractivity contribution in [3.63, 3.8) is 0 Å². The first-order valence-electron chi connectivity index (χ1n) is 4.56. The van der Waals surface area contributed by atoms with Crippen LogP contribution in [-0.4, -0.2) is 11.0 Å². The molecule has 1 aromatic rings. The van der Waals surface area contributed by atoms with Crippen LogP contribution in [0.25, 0.3) is 0 Å². The van der Waals surface area contributed by atoms with E-state index >= 15 is 0 Å². The molecule has 4 nitrogen and oxygen atoms in total. The number of anilines is 2. The van der Waals surface area contributed by atoms with Crippen LogP contribution in [0.1, 0.15) is 20.8 Å². The second kappa shape index (κ2) is 5.85. The molecule has 0 unspecified atom stereocenters. The van der Waals surface area contributed by atoms with Gasteiger partial charge in [-0.05, 0) is 6.07 Å². The molecule has 0 aliphatic heterocycles. The van der Waals surface area contributed by atoms with E-state index in [4.69, 9.17) is 10.8 Å². The molecule has 84 valence electrons. The Morgan fingerprint density at radius 1 is 1.47 bits per heavy atom. The molecule has 0 aromatic heterocycles. The van der Waals surface area contributed by atoms with Crippen molar-refractivity contribution in [1.82, 2.24) is 0 Å². The summed E-state index contributed by atoms with van der Waals surface area (Å²) in [5.41, 5.74) is 5.28. The molecular formula is C10H15FN2O2. The average molecular weight is 214 g/mol. The highest BCUT2D eigenvalue weighted by atomic mass is 19.1. The zero-order chi connectivity index (χ0) is 12.0. The number of phenols is 1. The second-order valence-corrected chi connectivity index (χ2v) is 2.57. The molecule has 1 amide bonds. The van der Waals surface area contributed by atoms with Crippen molar-refractivity contribution < 1.29 is 14.3 Å². The molecule has 0 heterocycles. The molecule has 5 heteroatoms. The maximum absolute atomic E-state index is 13.0. The van der Waals surface area contributed by atoms with Crippen LogP contribution < -0.4 is 11.1 Å². The fourth-order valence-corrected chi connectivity index (χ4v) is 0.865. The number of hydrogen-bond donors (Lipinski definition) is 3. The predicted octanol–water partition coefficient (Wildman–Crippen LogP) is 2.10. The monoisotopic (exact) mass is 214 g/mol. The van der Waals surface area contributed by atoms with Gasteiger partial charge in [0.15, 0.2) is 5.82 Å². The number of nitrogens with two attached hydrogens (primary N) is 1. The van der Waals surface area contributed by atoms with Gasteiger partial charge < -0.3 is 16.2 Å². The summed E-state index contributed by atoms with van der Waals surface area (Å²) in [5, 5.41) is 11.2. The third-order valence-electron chi connectivity index (χ3n) is 1.43. The molecule has 0 radical (unpaired) electrons. The molecule has 0 aliphatic rings. The number of benzene rings is 1. The molecule has 0 saturated carbocycles. The highest BCUT2D eigenvalue weighted by Crippen LogP contribution is 2.26. The minimum Gasteiger partial charge on any atom is -0.506 e. The van der Waals surface area contributed by atoms with Gasteiger partial charge >= 0.3 is 0 Å². The van der Waals surface area contributed by atoms with Gasteiger partial charge in [0.05, 0.1) is 11.4 Å². The Hall–Kier alpha value is -1.78. The van der Waals surface area contributed by atoms with E-state index in [1.807, 2.05) is 13.8 Å². The van der Waals surface area contributed by atoms with E-state index in [-0.39, 0.29) is 17.1 Å². The number of aromatic hydroxyl groups is 1. The van der Waals surface area contributed by atoms with E-state index in [9.17, 15) is 9.18 Å². The summed E-state index contributed by atoms with van der Waals surface area (Å²) in [4.78, 5) is 10.6. The van der Waals surface area contributed by atoms with Gasteiger partial charge in [0, 0.05) is 13.0 Å². The number of hydrogen-bond acceptors (Lipinski definition) is 3. The first-order chi connectivity index (χ1) is 7.00. The van der Waals surface area contributed by atoms with Gasteiger partial charge in [-0.1, -0.05) is 13.8 Å². The quantitative estimate of drug-likeness (QED) is 0.380. The lowest BCUT2D eigenvalue weighted by atomic mass is 10.2. The number of nitrogen functional groups attached to an aromatic ring is 1. The molecule has 0 fully saturated rings. The number of carbonyl (C=O) groups is 1. The number of amides is 1. The topological polar surface area (TPSA) is 75.4 Å². The van der Waals surface area contributed by atoms with Crippen LogP contribution in [0.5, 0.6) is 5.75 Å². The number of phenolic OH excluding ortho intramolecular Hbond substituents is 1. The van der Waals surface area contributed by atoms with Crippen molar-refractivity contribution in [1.29, 1.82) is 0 Å². The first kappa shape index (κ1) is 13.2. The van der Waals surface area contributed by atoms with E-state index in [1.54, 1.807) is 0 Å². The zero-order valence-electron chi connectivity index (χ0n) is 8.97. The Labute approximate surface area is 87.9 Å². The average Bonchev–Trinajstić information content (AvgIpc) is 2.17. The highest BCUT2D eigenvalue weighted by Gasteiger charge is 2.07. The van der Waals surface area contributed by atoms with Gasteiger partial charge in [0.1, 0.15) is 5.75 Å².